The maximum atomic E-state index is 14.4. The van der Waals surface area contributed by atoms with E-state index in [4.69, 9.17) is 10.1 Å². The van der Waals surface area contributed by atoms with Gasteiger partial charge in [0, 0.05) is 38.7 Å². The molecule has 196 valence electrons. The normalized spacial score (nSPS) is 23.4. The third-order valence-electron chi connectivity index (χ3n) is 6.81. The van der Waals surface area contributed by atoms with Gasteiger partial charge in [0.1, 0.15) is 0 Å². The summed E-state index contributed by atoms with van der Waals surface area (Å²) in [4.78, 5) is 14.3. The number of hydrogen-bond donors (Lipinski definition) is 3. The molecule has 0 bridgehead atoms. The second-order valence-electron chi connectivity index (χ2n) is 9.70. The molecule has 9 nitrogen and oxygen atoms in total. The molecule has 2 aliphatic rings. The van der Waals surface area contributed by atoms with Gasteiger partial charge >= 0.3 is 0 Å². The summed E-state index contributed by atoms with van der Waals surface area (Å²) in [6.07, 6.45) is 4.22. The Bertz CT molecular complexity index is 1110. The molecule has 4 rings (SSSR count). The third-order valence-corrected chi connectivity index (χ3v) is 6.81. The number of aryl methyl sites for hydroxylation is 1. The second kappa shape index (κ2) is 10.9. The average Bonchev–Trinajstić information content (AvgIpc) is 3.49. The number of morpholine rings is 1. The maximum absolute atomic E-state index is 14.4. The molecule has 0 aromatic carbocycles. The summed E-state index contributed by atoms with van der Waals surface area (Å²) < 4.78 is 36.3. The van der Waals surface area contributed by atoms with E-state index in [1.807, 2.05) is 29.5 Å². The number of nitrogens with zero attached hydrogens (tertiary/aromatic N) is 5. The van der Waals surface area contributed by atoms with E-state index >= 15 is 0 Å². The van der Waals surface area contributed by atoms with Crippen LogP contribution in [0.1, 0.15) is 63.9 Å². The number of halogens is 2. The third kappa shape index (κ3) is 6.00. The van der Waals surface area contributed by atoms with E-state index in [1.165, 1.54) is 0 Å². The first-order chi connectivity index (χ1) is 17.2. The fourth-order valence-corrected chi connectivity index (χ4v) is 5.09. The van der Waals surface area contributed by atoms with Crippen molar-refractivity contribution < 1.29 is 13.5 Å². The molecular formula is C25H36F2N8O. The fourth-order valence-electron chi connectivity index (χ4n) is 5.09. The van der Waals surface area contributed by atoms with Crippen LogP contribution in [0.4, 0.5) is 14.7 Å². The van der Waals surface area contributed by atoms with Crippen molar-refractivity contribution in [3.8, 4) is 0 Å². The van der Waals surface area contributed by atoms with Crippen molar-refractivity contribution in [2.45, 2.75) is 71.1 Å². The maximum Gasteiger partial charge on any atom is 0.248 e. The molecule has 2 aromatic heterocycles. The molecule has 3 unspecified atom stereocenters. The van der Waals surface area contributed by atoms with Gasteiger partial charge in [-0.05, 0) is 45.6 Å². The van der Waals surface area contributed by atoms with Crippen LogP contribution in [0.15, 0.2) is 30.0 Å². The Morgan fingerprint density at radius 3 is 2.97 bits per heavy atom. The van der Waals surface area contributed by atoms with Crippen molar-refractivity contribution in [3.05, 3.63) is 36.4 Å². The lowest BCUT2D eigenvalue weighted by atomic mass is 9.80. The van der Waals surface area contributed by atoms with E-state index in [0.29, 0.717) is 68.0 Å². The highest BCUT2D eigenvalue weighted by Crippen LogP contribution is 2.42. The van der Waals surface area contributed by atoms with Gasteiger partial charge in [0.15, 0.2) is 5.84 Å². The van der Waals surface area contributed by atoms with Crippen LogP contribution in [0, 0.1) is 11.3 Å². The lowest BCUT2D eigenvalue weighted by Gasteiger charge is -2.35. The first-order valence-electron chi connectivity index (χ1n) is 12.6. The average molecular weight is 503 g/mol. The predicted octanol–water partition coefficient (Wildman–Crippen LogP) is 4.54. The summed E-state index contributed by atoms with van der Waals surface area (Å²) in [6, 6.07) is 1.41. The highest BCUT2D eigenvalue weighted by molar-refractivity contribution is 6.39. The van der Waals surface area contributed by atoms with Gasteiger partial charge < -0.3 is 25.3 Å². The lowest BCUT2D eigenvalue weighted by molar-refractivity contribution is -0.0577. The predicted molar refractivity (Wildman–Crippen MR) is 136 cm³/mol. The van der Waals surface area contributed by atoms with Crippen molar-refractivity contribution in [3.63, 3.8) is 0 Å². The molecule has 11 heteroatoms. The molecule has 1 aliphatic heterocycles. The first-order valence-corrected chi connectivity index (χ1v) is 12.6. The number of aromatic nitrogens is 4. The van der Waals surface area contributed by atoms with Gasteiger partial charge in [0.25, 0.3) is 0 Å². The van der Waals surface area contributed by atoms with Crippen LogP contribution in [0.5, 0.6) is 0 Å². The van der Waals surface area contributed by atoms with Crippen LogP contribution in [0.3, 0.4) is 0 Å². The van der Waals surface area contributed by atoms with E-state index in [2.05, 4.69) is 32.0 Å². The molecule has 3 N–H and O–H groups in total. The highest BCUT2D eigenvalue weighted by atomic mass is 19.3. The van der Waals surface area contributed by atoms with Gasteiger partial charge in [-0.2, -0.15) is 10.1 Å². The molecule has 3 atom stereocenters. The van der Waals surface area contributed by atoms with Gasteiger partial charge in [0.05, 0.1) is 47.7 Å². The molecule has 0 amide bonds. The highest BCUT2D eigenvalue weighted by Gasteiger charge is 2.40. The molecule has 2 fully saturated rings. The number of amidine groups is 1. The smallest absolute Gasteiger partial charge is 0.248 e. The van der Waals surface area contributed by atoms with Crippen LogP contribution in [-0.4, -0.2) is 67.9 Å². The van der Waals surface area contributed by atoms with Crippen molar-refractivity contribution in [2.75, 3.05) is 19.7 Å². The van der Waals surface area contributed by atoms with Crippen LogP contribution in [0.25, 0.3) is 5.70 Å². The van der Waals surface area contributed by atoms with Crippen LogP contribution < -0.4 is 5.32 Å². The molecular weight excluding hydrogens is 466 g/mol. The number of nitrogens with one attached hydrogen (secondary N) is 3. The van der Waals surface area contributed by atoms with E-state index in [9.17, 15) is 8.78 Å². The van der Waals surface area contributed by atoms with E-state index in [-0.39, 0.29) is 24.9 Å². The molecule has 36 heavy (non-hydrogen) atoms. The molecule has 1 saturated carbocycles. The minimum Gasteiger partial charge on any atom is -0.375 e. The summed E-state index contributed by atoms with van der Waals surface area (Å²) in [6.45, 7) is 12.4. The first kappa shape index (κ1) is 26.0. The quantitative estimate of drug-likeness (QED) is 0.363. The van der Waals surface area contributed by atoms with Gasteiger partial charge in [0.2, 0.25) is 11.9 Å². The summed E-state index contributed by atoms with van der Waals surface area (Å²) in [5.74, 6) is -2.15. The standard InChI is InChI=1S/C25H36F2N8O/c1-5-35-21(8-10-30-35)18(4)31-22(19-7-6-9-25(26,27)13-19)20-14-29-24(32-20)33-23(17(3)28)34-11-12-36-16(2)15-34/h8,10,14,16,19,22,28,31H,4-7,9,11-13,15H2,1-3H3,(H,29,32)/b28-17?,33-23+. The number of alkyl halides is 2. The Morgan fingerprint density at radius 2 is 2.28 bits per heavy atom. The number of ether oxygens (including phenoxy) is 1. The molecule has 0 spiro atoms. The Labute approximate surface area is 210 Å². The summed E-state index contributed by atoms with van der Waals surface area (Å²) >= 11 is 0. The Balaban J connectivity index is 1.62. The summed E-state index contributed by atoms with van der Waals surface area (Å²) in [5, 5.41) is 15.9. The summed E-state index contributed by atoms with van der Waals surface area (Å²) in [5.41, 5.74) is 2.42. The monoisotopic (exact) mass is 502 g/mol. The number of hydrogen-bond acceptors (Lipinski definition) is 6. The number of aromatic amines is 1. The fraction of sp³-hybridized carbons (Fsp3) is 0.600. The molecule has 3 heterocycles. The number of imidazole rings is 1. The van der Waals surface area contributed by atoms with Crippen molar-refractivity contribution in [1.82, 2.24) is 30.0 Å². The summed E-state index contributed by atoms with van der Waals surface area (Å²) in [7, 11) is 0. The van der Waals surface area contributed by atoms with Gasteiger partial charge in [-0.25, -0.2) is 13.8 Å². The number of rotatable bonds is 8. The minimum atomic E-state index is -2.70. The van der Waals surface area contributed by atoms with Crippen LogP contribution in [-0.2, 0) is 11.3 Å². The zero-order valence-electron chi connectivity index (χ0n) is 21.2. The molecule has 2 aromatic rings. The minimum absolute atomic E-state index is 0.0413. The van der Waals surface area contributed by atoms with E-state index < -0.39 is 12.0 Å². The second-order valence-corrected chi connectivity index (χ2v) is 9.70. The van der Waals surface area contributed by atoms with Crippen molar-refractivity contribution in [1.29, 1.82) is 5.41 Å². The topological polar surface area (TPSA) is 107 Å². The molecule has 1 saturated heterocycles. The van der Waals surface area contributed by atoms with Crippen LogP contribution in [0.2, 0.25) is 0 Å². The number of aliphatic imine (C=N–C) groups is 1. The van der Waals surface area contributed by atoms with Crippen molar-refractivity contribution in [2.24, 2.45) is 10.9 Å². The Hall–Kier alpha value is -3.08. The van der Waals surface area contributed by atoms with E-state index in [0.717, 1.165) is 5.69 Å². The van der Waals surface area contributed by atoms with Crippen LogP contribution >= 0.6 is 0 Å². The lowest BCUT2D eigenvalue weighted by Crippen LogP contribution is -2.46. The largest absolute Gasteiger partial charge is 0.375 e. The SMILES string of the molecule is C=C(NC(c1cnc(/N=C(\C(C)=N)N2CCOC(C)C2)[nH]1)C1CCCC(F)(F)C1)c1ccnn1CC. The van der Waals surface area contributed by atoms with Crippen molar-refractivity contribution >= 4 is 23.2 Å². The number of H-pyrrole nitrogens is 1. The van der Waals surface area contributed by atoms with Gasteiger partial charge in [-0.1, -0.05) is 6.58 Å². The molecule has 0 radical (unpaired) electrons. The Morgan fingerprint density at radius 1 is 1.47 bits per heavy atom. The molecule has 1 aliphatic carbocycles. The Kier molecular flexibility index (Phi) is 7.87. The van der Waals surface area contributed by atoms with Gasteiger partial charge in [-0.3, -0.25) is 4.68 Å². The van der Waals surface area contributed by atoms with Gasteiger partial charge in [-0.15, -0.1) is 0 Å². The zero-order valence-corrected chi connectivity index (χ0v) is 21.2. The zero-order chi connectivity index (χ0) is 25.9. The van der Waals surface area contributed by atoms with E-state index in [1.54, 1.807) is 19.3 Å².